The molecule has 2 N–H and O–H groups in total. The number of benzene rings is 2. The summed E-state index contributed by atoms with van der Waals surface area (Å²) in [5, 5.41) is 9.86. The van der Waals surface area contributed by atoms with E-state index in [4.69, 9.17) is 4.74 Å². The smallest absolute Gasteiger partial charge is 0.341 e. The van der Waals surface area contributed by atoms with E-state index in [9.17, 15) is 27.5 Å². The highest BCUT2D eigenvalue weighted by Crippen LogP contribution is 2.55. The lowest BCUT2D eigenvalue weighted by Gasteiger charge is -2.22. The topological polar surface area (TPSA) is 113 Å². The van der Waals surface area contributed by atoms with Crippen LogP contribution < -0.4 is 9.46 Å². The molecule has 3 atom stereocenters. The molecule has 1 aliphatic carbocycles. The molecule has 2 aliphatic heterocycles. The minimum Gasteiger partial charge on any atom is -0.492 e. The summed E-state index contributed by atoms with van der Waals surface area (Å²) in [4.78, 5) is 26.8. The fraction of sp³-hybridized carbons (Fsp3) is 0.462. The van der Waals surface area contributed by atoms with Crippen LogP contribution in [0, 0.1) is 11.7 Å². The molecule has 8 nitrogen and oxygen atoms in total. The maximum Gasteiger partial charge on any atom is 0.341 e. The van der Waals surface area contributed by atoms with Crippen molar-refractivity contribution >= 4 is 27.5 Å². The number of likely N-dealkylation sites (tertiary alicyclic amines) is 1. The van der Waals surface area contributed by atoms with Crippen molar-refractivity contribution in [3.05, 3.63) is 52.8 Å². The quantitative estimate of drug-likeness (QED) is 0.521. The molecule has 5 rings (SSSR count). The van der Waals surface area contributed by atoms with E-state index in [1.165, 1.54) is 6.07 Å². The van der Waals surface area contributed by atoms with Gasteiger partial charge in [-0.15, -0.1) is 0 Å². The number of Topliss-reactive ketones (excluding diaryl/α,β-unsaturated/α-hetero) is 1. The minimum absolute atomic E-state index is 0.00768. The number of fused-ring (bicyclic) bond motifs is 3. The molecule has 0 bridgehead atoms. The number of anilines is 1. The number of rotatable bonds is 9. The van der Waals surface area contributed by atoms with Crippen molar-refractivity contribution in [1.29, 1.82) is 0 Å². The molecule has 2 aromatic rings. The normalized spacial score (nSPS) is 22.9. The summed E-state index contributed by atoms with van der Waals surface area (Å²) in [5.41, 5.74) is 0.599. The lowest BCUT2D eigenvalue weighted by molar-refractivity contribution is -0.123. The average Bonchev–Trinajstić information content (AvgIpc) is 3.48. The van der Waals surface area contributed by atoms with Crippen molar-refractivity contribution in [2.45, 2.75) is 55.9 Å². The molecule has 2 heterocycles. The summed E-state index contributed by atoms with van der Waals surface area (Å²) in [7, 11) is -4.29. The summed E-state index contributed by atoms with van der Waals surface area (Å²) in [6.45, 7) is 4.02. The molecule has 36 heavy (non-hydrogen) atoms. The number of aromatic carboxylic acids is 1. The standard InChI is InChI=1S/C26H29FN2O6S/c1-2-29-11-3-4-21(29)22(30)9-5-15-12-17(27)6-10-23(15)36(33,34)28-20-8-7-18-19-13-16(19)14-35-25(18)24(20)26(31)32/h6-8,10,12,16,19,21,28H,2-5,9,11,13-14H2,1H3,(H,31,32)/t16?,19?,21-/m0/s1. The molecule has 3 aliphatic rings. The third kappa shape index (κ3) is 4.59. The first-order chi connectivity index (χ1) is 17.2. The molecule has 2 unspecified atom stereocenters. The van der Waals surface area contributed by atoms with Gasteiger partial charge in [0.1, 0.15) is 22.9 Å². The number of carbonyl (C=O) groups is 2. The highest BCUT2D eigenvalue weighted by Gasteiger charge is 2.45. The Balaban J connectivity index is 1.41. The predicted octanol–water partition coefficient (Wildman–Crippen LogP) is 3.81. The second kappa shape index (κ2) is 9.48. The van der Waals surface area contributed by atoms with E-state index >= 15 is 0 Å². The Bertz CT molecular complexity index is 1330. The fourth-order valence-corrected chi connectivity index (χ4v) is 6.87. The summed E-state index contributed by atoms with van der Waals surface area (Å²) >= 11 is 0. The molecule has 192 valence electrons. The highest BCUT2D eigenvalue weighted by molar-refractivity contribution is 7.92. The van der Waals surface area contributed by atoms with Crippen molar-refractivity contribution in [2.75, 3.05) is 24.4 Å². The van der Waals surface area contributed by atoms with Crippen molar-refractivity contribution < 1.29 is 32.2 Å². The summed E-state index contributed by atoms with van der Waals surface area (Å²) in [5.74, 6) is -1.09. The number of sulfonamides is 1. The maximum absolute atomic E-state index is 14.1. The molecule has 0 radical (unpaired) electrons. The van der Waals surface area contributed by atoms with Gasteiger partial charge in [0.2, 0.25) is 0 Å². The van der Waals surface area contributed by atoms with Gasteiger partial charge in [-0.1, -0.05) is 13.0 Å². The van der Waals surface area contributed by atoms with Crippen LogP contribution in [0.15, 0.2) is 35.2 Å². The van der Waals surface area contributed by atoms with Crippen LogP contribution >= 0.6 is 0 Å². The molecule has 2 fully saturated rings. The lowest BCUT2D eigenvalue weighted by atomic mass is 10.0. The van der Waals surface area contributed by atoms with Gasteiger partial charge >= 0.3 is 5.97 Å². The molecule has 0 aromatic heterocycles. The van der Waals surface area contributed by atoms with Crippen LogP contribution in [-0.4, -0.2) is 55.9 Å². The molecule has 1 saturated heterocycles. The highest BCUT2D eigenvalue weighted by atomic mass is 32.2. The first-order valence-electron chi connectivity index (χ1n) is 12.3. The number of hydrogen-bond donors (Lipinski definition) is 2. The Hall–Kier alpha value is -2.98. The second-order valence-corrected chi connectivity index (χ2v) is 11.4. The van der Waals surface area contributed by atoms with E-state index in [1.54, 1.807) is 6.07 Å². The summed E-state index contributed by atoms with van der Waals surface area (Å²) in [6.07, 6.45) is 2.77. The van der Waals surface area contributed by atoms with E-state index in [0.29, 0.717) is 12.5 Å². The van der Waals surface area contributed by atoms with Gasteiger partial charge in [-0.3, -0.25) is 14.4 Å². The van der Waals surface area contributed by atoms with Gasteiger partial charge < -0.3 is 9.84 Å². The van der Waals surface area contributed by atoms with E-state index in [2.05, 4.69) is 9.62 Å². The van der Waals surface area contributed by atoms with Crippen LogP contribution in [0.4, 0.5) is 10.1 Å². The maximum atomic E-state index is 14.1. The van der Waals surface area contributed by atoms with Crippen molar-refractivity contribution in [1.82, 2.24) is 4.90 Å². The number of ketones is 1. The molecule has 2 aromatic carbocycles. The van der Waals surface area contributed by atoms with Crippen molar-refractivity contribution in [3.8, 4) is 5.75 Å². The van der Waals surface area contributed by atoms with Gasteiger partial charge in [0.05, 0.1) is 23.2 Å². The van der Waals surface area contributed by atoms with Gasteiger partial charge in [-0.2, -0.15) is 0 Å². The molecule has 0 spiro atoms. The van der Waals surface area contributed by atoms with Crippen LogP contribution in [-0.2, 0) is 21.2 Å². The van der Waals surface area contributed by atoms with Gasteiger partial charge in [-0.05, 0) is 80.1 Å². The number of nitrogens with zero attached hydrogens (tertiary/aromatic N) is 1. The van der Waals surface area contributed by atoms with E-state index < -0.39 is 21.8 Å². The van der Waals surface area contributed by atoms with Crippen LogP contribution in [0.3, 0.4) is 0 Å². The molecule has 10 heteroatoms. The fourth-order valence-electron chi connectivity index (χ4n) is 5.55. The SMILES string of the molecule is CCN1CCC[C@H]1C(=O)CCc1cc(F)ccc1S(=O)(=O)Nc1ccc2c(c1C(=O)O)OCC1CC21. The Morgan fingerprint density at radius 2 is 2.06 bits per heavy atom. The zero-order chi connectivity index (χ0) is 25.6. The number of carboxylic acids is 1. The summed E-state index contributed by atoms with van der Waals surface area (Å²) in [6, 6.07) is 6.26. The van der Waals surface area contributed by atoms with Gasteiger partial charge in [0, 0.05) is 12.3 Å². The molecule has 1 saturated carbocycles. The number of halogens is 1. The number of ether oxygens (including phenoxy) is 1. The second-order valence-electron chi connectivity index (χ2n) is 9.74. The largest absolute Gasteiger partial charge is 0.492 e. The number of nitrogens with one attached hydrogen (secondary N) is 1. The van der Waals surface area contributed by atoms with Crippen LogP contribution in [0.25, 0.3) is 0 Å². The summed E-state index contributed by atoms with van der Waals surface area (Å²) < 4.78 is 48.9. The Kier molecular flexibility index (Phi) is 6.50. The Morgan fingerprint density at radius 1 is 1.25 bits per heavy atom. The van der Waals surface area contributed by atoms with Crippen molar-refractivity contribution in [2.24, 2.45) is 5.92 Å². The average molecular weight is 517 g/mol. The third-order valence-electron chi connectivity index (χ3n) is 7.50. The zero-order valence-electron chi connectivity index (χ0n) is 20.0. The number of carbonyl (C=O) groups excluding carboxylic acids is 1. The first kappa shape index (κ1) is 24.7. The Morgan fingerprint density at radius 3 is 2.81 bits per heavy atom. The molecule has 0 amide bonds. The Labute approximate surface area is 209 Å². The number of likely N-dealkylation sites (N-methyl/N-ethyl adjacent to an activating group) is 1. The van der Waals surface area contributed by atoms with E-state index in [-0.39, 0.29) is 58.0 Å². The number of carboxylic acid groups (broad SMARTS) is 1. The predicted molar refractivity (Wildman–Crippen MR) is 131 cm³/mol. The van der Waals surface area contributed by atoms with Gasteiger partial charge in [0.25, 0.3) is 10.0 Å². The lowest BCUT2D eigenvalue weighted by Crippen LogP contribution is -2.36. The number of hydrogen-bond acceptors (Lipinski definition) is 6. The first-order valence-corrected chi connectivity index (χ1v) is 13.8. The van der Waals surface area contributed by atoms with Crippen LogP contribution in [0.5, 0.6) is 5.75 Å². The minimum atomic E-state index is -4.29. The molecular formula is C26H29FN2O6S. The van der Waals surface area contributed by atoms with E-state index in [0.717, 1.165) is 56.1 Å². The van der Waals surface area contributed by atoms with Crippen LogP contribution in [0.2, 0.25) is 0 Å². The third-order valence-corrected chi connectivity index (χ3v) is 8.97. The zero-order valence-corrected chi connectivity index (χ0v) is 20.8. The van der Waals surface area contributed by atoms with Gasteiger partial charge in [-0.25, -0.2) is 17.6 Å². The van der Waals surface area contributed by atoms with Crippen molar-refractivity contribution in [3.63, 3.8) is 0 Å². The van der Waals surface area contributed by atoms with Gasteiger partial charge in [0.15, 0.2) is 0 Å². The van der Waals surface area contributed by atoms with Crippen LogP contribution in [0.1, 0.15) is 60.0 Å². The monoisotopic (exact) mass is 516 g/mol. The number of aryl methyl sites for hydroxylation is 1. The molecular weight excluding hydrogens is 487 g/mol. The van der Waals surface area contributed by atoms with E-state index in [1.807, 2.05) is 6.92 Å².